The minimum atomic E-state index is -4.50. The molecule has 4 rings (SSSR count). The van der Waals surface area contributed by atoms with Crippen molar-refractivity contribution in [2.45, 2.75) is 6.18 Å². The summed E-state index contributed by atoms with van der Waals surface area (Å²) in [6.07, 6.45) is 5.03. The molecule has 0 spiro atoms. The van der Waals surface area contributed by atoms with Crippen LogP contribution in [0.4, 0.5) is 13.2 Å². The molecule has 26 heavy (non-hydrogen) atoms. The van der Waals surface area contributed by atoms with Gasteiger partial charge in [-0.2, -0.15) is 18.3 Å². The van der Waals surface area contributed by atoms with Crippen molar-refractivity contribution in [1.29, 1.82) is 0 Å². The smallest absolute Gasteiger partial charge is 0.343 e. The molecule has 0 aliphatic carbocycles. The van der Waals surface area contributed by atoms with Crippen molar-refractivity contribution >= 4 is 22.9 Å². The lowest BCUT2D eigenvalue weighted by Crippen LogP contribution is -2.04. The minimum absolute atomic E-state index is 0.0502. The molecule has 0 bridgehead atoms. The highest BCUT2D eigenvalue weighted by Gasteiger charge is 2.34. The number of imidazole rings is 1. The van der Waals surface area contributed by atoms with Crippen LogP contribution in [0, 0.1) is 0 Å². The Bertz CT molecular complexity index is 1090. The van der Waals surface area contributed by atoms with E-state index in [0.29, 0.717) is 11.3 Å². The van der Waals surface area contributed by atoms with Gasteiger partial charge in [0.05, 0.1) is 0 Å². The van der Waals surface area contributed by atoms with E-state index in [2.05, 4.69) is 25.1 Å². The summed E-state index contributed by atoms with van der Waals surface area (Å²) in [5, 5.41) is 8.70. The normalized spacial score (nSPS) is 12.3. The highest BCUT2D eigenvalue weighted by atomic mass is 19.4. The largest absolute Gasteiger partial charge is 0.434 e. The molecule has 1 aromatic carbocycles. The Morgan fingerprint density at radius 3 is 2.58 bits per heavy atom. The van der Waals surface area contributed by atoms with Crippen molar-refractivity contribution in [3.8, 4) is 11.5 Å². The van der Waals surface area contributed by atoms with Gasteiger partial charge in [0, 0.05) is 41.3 Å². The molecule has 3 heterocycles. The summed E-state index contributed by atoms with van der Waals surface area (Å²) in [5.74, 6) is 0.0502. The molecule has 0 fully saturated rings. The van der Waals surface area contributed by atoms with Crippen molar-refractivity contribution in [3.63, 3.8) is 0 Å². The average molecular weight is 355 g/mol. The summed E-state index contributed by atoms with van der Waals surface area (Å²) in [5.41, 5.74) is 0.834. The molecule has 3 aromatic heterocycles. The van der Waals surface area contributed by atoms with E-state index in [1.165, 1.54) is 0 Å². The number of aromatic amines is 2. The standard InChI is InChI=1S/C18H12F3N5/c19-18(20,21)15-10-23-17(25-15)16-13(9-24-26-16)6-5-12-8-22-7-11-3-1-2-4-14(11)12/h1-10H,(H,23,25)(H,24,26)/b6-5+. The highest BCUT2D eigenvalue weighted by molar-refractivity contribution is 5.92. The first-order chi connectivity index (χ1) is 12.5. The Morgan fingerprint density at radius 2 is 1.77 bits per heavy atom. The summed E-state index contributed by atoms with van der Waals surface area (Å²) in [6, 6.07) is 7.81. The van der Waals surface area contributed by atoms with E-state index in [1.54, 1.807) is 24.7 Å². The van der Waals surface area contributed by atoms with Gasteiger partial charge in [-0.05, 0) is 5.39 Å². The number of aromatic nitrogens is 5. The zero-order chi connectivity index (χ0) is 18.1. The van der Waals surface area contributed by atoms with E-state index in [9.17, 15) is 13.2 Å². The van der Waals surface area contributed by atoms with Crippen LogP contribution in [0.2, 0.25) is 0 Å². The molecule has 5 nitrogen and oxygen atoms in total. The Labute approximate surface area is 145 Å². The molecule has 0 saturated carbocycles. The first-order valence-corrected chi connectivity index (χ1v) is 7.70. The Morgan fingerprint density at radius 1 is 0.962 bits per heavy atom. The lowest BCUT2D eigenvalue weighted by molar-refractivity contribution is -0.140. The zero-order valence-electron chi connectivity index (χ0n) is 13.2. The molecule has 130 valence electrons. The summed E-state index contributed by atoms with van der Waals surface area (Å²) in [7, 11) is 0. The quantitative estimate of drug-likeness (QED) is 0.567. The van der Waals surface area contributed by atoms with Crippen LogP contribution in [0.3, 0.4) is 0 Å². The number of halogens is 3. The van der Waals surface area contributed by atoms with Crippen LogP contribution in [0.25, 0.3) is 34.4 Å². The summed E-state index contributed by atoms with van der Waals surface area (Å²) >= 11 is 0. The number of nitrogens with one attached hydrogen (secondary N) is 2. The van der Waals surface area contributed by atoms with E-state index in [1.807, 2.05) is 30.3 Å². The van der Waals surface area contributed by atoms with E-state index in [-0.39, 0.29) is 5.82 Å². The average Bonchev–Trinajstić information content (AvgIpc) is 3.28. The van der Waals surface area contributed by atoms with Gasteiger partial charge in [-0.1, -0.05) is 36.4 Å². The van der Waals surface area contributed by atoms with Crippen molar-refractivity contribution in [1.82, 2.24) is 25.1 Å². The number of benzene rings is 1. The lowest BCUT2D eigenvalue weighted by atomic mass is 10.1. The Kier molecular flexibility index (Phi) is 3.80. The van der Waals surface area contributed by atoms with Crippen LogP contribution in [-0.4, -0.2) is 25.1 Å². The summed E-state index contributed by atoms with van der Waals surface area (Å²) in [6.45, 7) is 0. The van der Waals surface area contributed by atoms with Gasteiger partial charge in [0.15, 0.2) is 11.5 Å². The maximum absolute atomic E-state index is 12.7. The third-order valence-corrected chi connectivity index (χ3v) is 3.90. The van der Waals surface area contributed by atoms with Crippen molar-refractivity contribution in [2.24, 2.45) is 0 Å². The second kappa shape index (κ2) is 6.14. The summed E-state index contributed by atoms with van der Waals surface area (Å²) in [4.78, 5) is 10.3. The van der Waals surface area contributed by atoms with Crippen molar-refractivity contribution in [3.05, 3.63) is 65.9 Å². The molecule has 8 heteroatoms. The number of H-pyrrole nitrogens is 2. The number of hydrogen-bond donors (Lipinski definition) is 2. The van der Waals surface area contributed by atoms with Gasteiger partial charge in [-0.25, -0.2) is 4.98 Å². The second-order valence-electron chi connectivity index (χ2n) is 5.60. The molecule has 4 aromatic rings. The molecule has 0 radical (unpaired) electrons. The number of alkyl halides is 3. The monoisotopic (exact) mass is 355 g/mol. The first-order valence-electron chi connectivity index (χ1n) is 7.70. The molecule has 0 atom stereocenters. The molecule has 0 amide bonds. The van der Waals surface area contributed by atoms with Crippen molar-refractivity contribution < 1.29 is 13.2 Å². The van der Waals surface area contributed by atoms with Gasteiger partial charge >= 0.3 is 6.18 Å². The van der Waals surface area contributed by atoms with Gasteiger partial charge in [0.2, 0.25) is 0 Å². The number of nitrogens with zero attached hydrogens (tertiary/aromatic N) is 3. The fourth-order valence-corrected chi connectivity index (χ4v) is 2.66. The SMILES string of the molecule is FC(F)(F)c1c[nH]c(-c2n[nH]cc2/C=C/c2cncc3ccccc23)n1. The topological polar surface area (TPSA) is 70.2 Å². The fourth-order valence-electron chi connectivity index (χ4n) is 2.66. The van der Waals surface area contributed by atoms with E-state index < -0.39 is 11.9 Å². The number of rotatable bonds is 3. The van der Waals surface area contributed by atoms with Crippen LogP contribution >= 0.6 is 0 Å². The predicted molar refractivity (Wildman–Crippen MR) is 91.8 cm³/mol. The van der Waals surface area contributed by atoms with E-state index in [0.717, 1.165) is 22.5 Å². The van der Waals surface area contributed by atoms with E-state index >= 15 is 0 Å². The zero-order valence-corrected chi connectivity index (χ0v) is 13.2. The van der Waals surface area contributed by atoms with E-state index in [4.69, 9.17) is 0 Å². The summed E-state index contributed by atoms with van der Waals surface area (Å²) < 4.78 is 38.2. The minimum Gasteiger partial charge on any atom is -0.343 e. The van der Waals surface area contributed by atoms with Gasteiger partial charge in [-0.3, -0.25) is 10.1 Å². The van der Waals surface area contributed by atoms with Crippen LogP contribution in [-0.2, 0) is 6.18 Å². The van der Waals surface area contributed by atoms with Crippen LogP contribution < -0.4 is 0 Å². The highest BCUT2D eigenvalue weighted by Crippen LogP contribution is 2.30. The maximum Gasteiger partial charge on any atom is 0.434 e. The number of hydrogen-bond acceptors (Lipinski definition) is 3. The first kappa shape index (κ1) is 16.1. The Balaban J connectivity index is 1.69. The van der Waals surface area contributed by atoms with Crippen LogP contribution in [0.15, 0.2) is 49.1 Å². The van der Waals surface area contributed by atoms with Gasteiger partial charge < -0.3 is 4.98 Å². The molecule has 0 aliphatic heterocycles. The van der Waals surface area contributed by atoms with Crippen molar-refractivity contribution in [2.75, 3.05) is 0 Å². The molecule has 0 unspecified atom stereocenters. The maximum atomic E-state index is 12.7. The Hall–Kier alpha value is -3.42. The van der Waals surface area contributed by atoms with Crippen LogP contribution in [0.5, 0.6) is 0 Å². The van der Waals surface area contributed by atoms with Gasteiger partial charge in [-0.15, -0.1) is 0 Å². The molecule has 0 aliphatic rings. The molecular formula is C18H12F3N5. The third kappa shape index (κ3) is 2.97. The lowest BCUT2D eigenvalue weighted by Gasteiger charge is -2.01. The molecular weight excluding hydrogens is 343 g/mol. The third-order valence-electron chi connectivity index (χ3n) is 3.90. The molecule has 0 saturated heterocycles. The number of pyridine rings is 1. The van der Waals surface area contributed by atoms with Gasteiger partial charge in [0.1, 0.15) is 5.69 Å². The van der Waals surface area contributed by atoms with Crippen LogP contribution in [0.1, 0.15) is 16.8 Å². The molecule has 2 N–H and O–H groups in total. The number of fused-ring (bicyclic) bond motifs is 1. The predicted octanol–water partition coefficient (Wildman–Crippen LogP) is 4.54. The van der Waals surface area contributed by atoms with Gasteiger partial charge in [0.25, 0.3) is 0 Å². The second-order valence-corrected chi connectivity index (χ2v) is 5.60. The fraction of sp³-hybridized carbons (Fsp3) is 0.0556.